The lowest BCUT2D eigenvalue weighted by atomic mass is 10.0. The molecule has 0 spiro atoms. The van der Waals surface area contributed by atoms with Crippen molar-refractivity contribution < 1.29 is 13.2 Å². The van der Waals surface area contributed by atoms with Gasteiger partial charge in [0.1, 0.15) is 0 Å². The summed E-state index contributed by atoms with van der Waals surface area (Å²) in [4.78, 5) is 13.8. The molecule has 1 N–H and O–H groups in total. The van der Waals surface area contributed by atoms with Gasteiger partial charge < -0.3 is 10.2 Å². The summed E-state index contributed by atoms with van der Waals surface area (Å²) >= 11 is 0. The van der Waals surface area contributed by atoms with Crippen LogP contribution in [0.1, 0.15) is 0 Å². The number of sulfone groups is 1. The second-order valence-electron chi connectivity index (χ2n) is 4.52. The van der Waals surface area contributed by atoms with Gasteiger partial charge in [-0.2, -0.15) is 0 Å². The molecule has 1 aromatic carbocycles. The third-order valence-electron chi connectivity index (χ3n) is 3.11. The molecule has 1 aliphatic heterocycles. The predicted molar refractivity (Wildman–Crippen MR) is 69.3 cm³/mol. The third kappa shape index (κ3) is 2.54. The summed E-state index contributed by atoms with van der Waals surface area (Å²) in [6, 6.07) is 6.35. The van der Waals surface area contributed by atoms with Crippen LogP contribution in [0.5, 0.6) is 0 Å². The lowest BCUT2D eigenvalue weighted by Crippen LogP contribution is -2.51. The first-order valence-electron chi connectivity index (χ1n) is 5.68. The number of carbonyl (C=O) groups is 1. The Labute approximate surface area is 107 Å². The highest BCUT2D eigenvalue weighted by Crippen LogP contribution is 2.19. The maximum Gasteiger partial charge on any atom is 0.232 e. The Morgan fingerprint density at radius 3 is 2.22 bits per heavy atom. The quantitative estimate of drug-likeness (QED) is 0.854. The minimum absolute atomic E-state index is 0.0320. The van der Waals surface area contributed by atoms with E-state index in [0.29, 0.717) is 18.8 Å². The molecular weight excluding hydrogens is 252 g/mol. The zero-order valence-corrected chi connectivity index (χ0v) is 11.2. The first-order chi connectivity index (χ1) is 8.39. The molecule has 0 aliphatic carbocycles. The molecular formula is C12H16N2O3S. The van der Waals surface area contributed by atoms with Crippen LogP contribution in [0.15, 0.2) is 29.2 Å². The van der Waals surface area contributed by atoms with E-state index in [2.05, 4.69) is 5.32 Å². The van der Waals surface area contributed by atoms with E-state index >= 15 is 0 Å². The molecule has 5 nitrogen and oxygen atoms in total. The van der Waals surface area contributed by atoms with Gasteiger partial charge >= 0.3 is 0 Å². The Hall–Kier alpha value is -1.40. The fourth-order valence-electron chi connectivity index (χ4n) is 1.78. The second-order valence-corrected chi connectivity index (χ2v) is 6.53. The fourth-order valence-corrected chi connectivity index (χ4v) is 2.41. The minimum Gasteiger partial charge on any atom is -0.315 e. The number of hydrogen-bond donors (Lipinski definition) is 1. The monoisotopic (exact) mass is 268 g/mol. The largest absolute Gasteiger partial charge is 0.315 e. The smallest absolute Gasteiger partial charge is 0.232 e. The summed E-state index contributed by atoms with van der Waals surface area (Å²) in [5, 5.41) is 3.05. The first kappa shape index (κ1) is 13.0. The molecule has 18 heavy (non-hydrogen) atoms. The molecule has 0 unspecified atom stereocenters. The van der Waals surface area contributed by atoms with Crippen LogP contribution in [0.3, 0.4) is 0 Å². The molecule has 1 aliphatic rings. The molecule has 1 aromatic rings. The van der Waals surface area contributed by atoms with Gasteiger partial charge in [-0.1, -0.05) is 0 Å². The maximum atomic E-state index is 12.0. The van der Waals surface area contributed by atoms with Gasteiger partial charge in [-0.3, -0.25) is 4.79 Å². The van der Waals surface area contributed by atoms with Gasteiger partial charge in [0.25, 0.3) is 0 Å². The number of benzene rings is 1. The molecule has 1 fully saturated rings. The average molecular weight is 268 g/mol. The molecule has 0 radical (unpaired) electrons. The zero-order valence-electron chi connectivity index (χ0n) is 10.4. The molecule has 2 rings (SSSR count). The fraction of sp³-hybridized carbons (Fsp3) is 0.417. The lowest BCUT2D eigenvalue weighted by Gasteiger charge is -2.30. The summed E-state index contributed by atoms with van der Waals surface area (Å²) in [5.74, 6) is 0.0884. The molecule has 1 heterocycles. The second kappa shape index (κ2) is 4.70. The number of rotatable bonds is 3. The number of nitrogens with one attached hydrogen (secondary N) is 1. The predicted octanol–water partition coefficient (Wildman–Crippen LogP) is 0.272. The molecule has 0 bridgehead atoms. The Morgan fingerprint density at radius 1 is 1.28 bits per heavy atom. The van der Waals surface area contributed by atoms with Crippen molar-refractivity contribution in [3.63, 3.8) is 0 Å². The minimum atomic E-state index is -3.19. The van der Waals surface area contributed by atoms with Crippen molar-refractivity contribution in [1.29, 1.82) is 0 Å². The van der Waals surface area contributed by atoms with Gasteiger partial charge in [0.2, 0.25) is 5.91 Å². The molecule has 1 amide bonds. The van der Waals surface area contributed by atoms with Gasteiger partial charge in [0.15, 0.2) is 9.84 Å². The number of anilines is 1. The van der Waals surface area contributed by atoms with Crippen molar-refractivity contribution in [2.75, 3.05) is 31.3 Å². The highest BCUT2D eigenvalue weighted by molar-refractivity contribution is 7.90. The Bertz CT molecular complexity index is 547. The van der Waals surface area contributed by atoms with Crippen LogP contribution in [-0.2, 0) is 14.6 Å². The van der Waals surface area contributed by atoms with Gasteiger partial charge in [-0.25, -0.2) is 8.42 Å². The summed E-state index contributed by atoms with van der Waals surface area (Å²) < 4.78 is 22.6. The Morgan fingerprint density at radius 2 is 1.83 bits per heavy atom. The number of hydrogen-bond acceptors (Lipinski definition) is 4. The Kier molecular flexibility index (Phi) is 3.41. The van der Waals surface area contributed by atoms with E-state index in [9.17, 15) is 13.2 Å². The van der Waals surface area contributed by atoms with Crippen molar-refractivity contribution in [1.82, 2.24) is 5.32 Å². The van der Waals surface area contributed by atoms with Crippen LogP contribution in [0.4, 0.5) is 5.69 Å². The van der Waals surface area contributed by atoms with E-state index < -0.39 is 9.84 Å². The zero-order chi connectivity index (χ0) is 13.3. The van der Waals surface area contributed by atoms with Crippen LogP contribution >= 0.6 is 0 Å². The Balaban J connectivity index is 2.16. The van der Waals surface area contributed by atoms with Gasteiger partial charge in [0, 0.05) is 32.1 Å². The third-order valence-corrected chi connectivity index (χ3v) is 4.24. The van der Waals surface area contributed by atoms with Crippen molar-refractivity contribution in [3.05, 3.63) is 24.3 Å². The van der Waals surface area contributed by atoms with E-state index in [1.807, 2.05) is 0 Å². The van der Waals surface area contributed by atoms with Crippen molar-refractivity contribution in [2.24, 2.45) is 5.92 Å². The summed E-state index contributed by atoms with van der Waals surface area (Å²) in [6.07, 6.45) is 1.16. The topological polar surface area (TPSA) is 66.5 Å². The van der Waals surface area contributed by atoms with Crippen LogP contribution in [-0.4, -0.2) is 40.7 Å². The van der Waals surface area contributed by atoms with Crippen LogP contribution < -0.4 is 10.2 Å². The molecule has 98 valence electrons. The summed E-state index contributed by atoms with van der Waals surface area (Å²) in [7, 11) is -1.48. The van der Waals surface area contributed by atoms with E-state index in [-0.39, 0.29) is 16.7 Å². The van der Waals surface area contributed by atoms with Gasteiger partial charge in [-0.05, 0) is 24.3 Å². The standard InChI is InChI=1S/C12H16N2O3S/c1-14(12(15)9-7-13-8-9)10-3-5-11(6-4-10)18(2,16)17/h3-6,9,13H,7-8H2,1-2H3. The van der Waals surface area contributed by atoms with E-state index in [0.717, 1.165) is 6.26 Å². The number of carbonyl (C=O) groups excluding carboxylic acids is 1. The first-order valence-corrected chi connectivity index (χ1v) is 7.57. The highest BCUT2D eigenvalue weighted by atomic mass is 32.2. The normalized spacial score (nSPS) is 16.1. The van der Waals surface area contributed by atoms with E-state index in [1.54, 1.807) is 24.1 Å². The molecule has 6 heteroatoms. The molecule has 0 atom stereocenters. The van der Waals surface area contributed by atoms with E-state index in [4.69, 9.17) is 0 Å². The van der Waals surface area contributed by atoms with Crippen molar-refractivity contribution in [3.8, 4) is 0 Å². The molecule has 0 saturated carbocycles. The SMILES string of the molecule is CN(C(=O)C1CNC1)c1ccc(S(C)(=O)=O)cc1. The highest BCUT2D eigenvalue weighted by Gasteiger charge is 2.28. The summed E-state index contributed by atoms with van der Waals surface area (Å²) in [5.41, 5.74) is 0.708. The number of amides is 1. The van der Waals surface area contributed by atoms with Crippen LogP contribution in [0.2, 0.25) is 0 Å². The van der Waals surface area contributed by atoms with Gasteiger partial charge in [-0.15, -0.1) is 0 Å². The molecule has 0 aromatic heterocycles. The molecule has 1 saturated heterocycles. The maximum absolute atomic E-state index is 12.0. The van der Waals surface area contributed by atoms with Crippen molar-refractivity contribution in [2.45, 2.75) is 4.90 Å². The van der Waals surface area contributed by atoms with Crippen LogP contribution in [0, 0.1) is 5.92 Å². The van der Waals surface area contributed by atoms with Crippen molar-refractivity contribution >= 4 is 21.4 Å². The number of nitrogens with zero attached hydrogens (tertiary/aromatic N) is 1. The van der Waals surface area contributed by atoms with Gasteiger partial charge in [0.05, 0.1) is 10.8 Å². The summed E-state index contributed by atoms with van der Waals surface area (Å²) in [6.45, 7) is 1.43. The lowest BCUT2D eigenvalue weighted by molar-refractivity contribution is -0.123. The van der Waals surface area contributed by atoms with E-state index in [1.165, 1.54) is 12.1 Å². The van der Waals surface area contributed by atoms with Crippen LogP contribution in [0.25, 0.3) is 0 Å². The average Bonchev–Trinajstić information content (AvgIpc) is 2.24.